The molecule has 0 saturated carbocycles. The van der Waals surface area contributed by atoms with E-state index in [1.165, 1.54) is 10.9 Å². The van der Waals surface area contributed by atoms with Crippen molar-refractivity contribution in [2.75, 3.05) is 7.05 Å². The lowest BCUT2D eigenvalue weighted by Crippen LogP contribution is -2.40. The van der Waals surface area contributed by atoms with Crippen molar-refractivity contribution >= 4 is 33.8 Å². The highest BCUT2D eigenvalue weighted by molar-refractivity contribution is 6.13. The minimum atomic E-state index is -0.488. The van der Waals surface area contributed by atoms with Gasteiger partial charge in [-0.25, -0.2) is 4.99 Å². The van der Waals surface area contributed by atoms with E-state index in [9.17, 15) is 4.79 Å². The normalized spacial score (nSPS) is 19.1. The number of nitrogens with two attached hydrogens (primary N) is 1. The molecule has 1 aliphatic carbocycles. The first-order chi connectivity index (χ1) is 15.0. The Labute approximate surface area is 180 Å². The van der Waals surface area contributed by atoms with E-state index in [0.717, 1.165) is 22.5 Å². The van der Waals surface area contributed by atoms with Gasteiger partial charge in [0.25, 0.3) is 5.91 Å². The molecule has 1 aromatic heterocycles. The molecule has 0 radical (unpaired) electrons. The fourth-order valence-electron chi connectivity index (χ4n) is 4.25. The summed E-state index contributed by atoms with van der Waals surface area (Å²) in [6, 6.07) is 15.8. The largest absolute Gasteiger partial charge is 0.367 e. The molecule has 0 saturated heterocycles. The monoisotopic (exact) mass is 409 g/mol. The van der Waals surface area contributed by atoms with E-state index in [1.54, 1.807) is 12.1 Å². The lowest BCUT2D eigenvalue weighted by Gasteiger charge is -2.36. The lowest BCUT2D eigenvalue weighted by molar-refractivity contribution is 0.100. The average molecular weight is 409 g/mol. The summed E-state index contributed by atoms with van der Waals surface area (Å²) in [6.07, 6.45) is 10.1. The molecule has 5 rings (SSSR count). The summed E-state index contributed by atoms with van der Waals surface area (Å²) in [4.78, 5) is 18.8. The Morgan fingerprint density at radius 2 is 1.94 bits per heavy atom. The first-order valence-corrected chi connectivity index (χ1v) is 10.1. The summed E-state index contributed by atoms with van der Waals surface area (Å²) >= 11 is 0. The number of carbonyl (C=O) groups is 1. The number of nitrogens with zero attached hydrogens (tertiary/aromatic N) is 3. The van der Waals surface area contributed by atoms with Crippen molar-refractivity contribution in [3.8, 4) is 0 Å². The van der Waals surface area contributed by atoms with E-state index in [4.69, 9.17) is 10.7 Å². The van der Waals surface area contributed by atoms with Crippen molar-refractivity contribution in [3.63, 3.8) is 0 Å². The number of benzene rings is 2. The van der Waals surface area contributed by atoms with Crippen molar-refractivity contribution in [2.45, 2.75) is 6.04 Å². The number of primary amides is 1. The number of hydrogen-bond donors (Lipinski definition) is 2. The number of fused-ring (bicyclic) bond motifs is 2. The molecule has 1 unspecified atom stereocenters. The van der Waals surface area contributed by atoms with Crippen molar-refractivity contribution in [1.82, 2.24) is 14.8 Å². The van der Waals surface area contributed by atoms with Crippen molar-refractivity contribution < 1.29 is 4.79 Å². The number of rotatable bonds is 3. The smallest absolute Gasteiger partial charge is 0.250 e. The summed E-state index contributed by atoms with van der Waals surface area (Å²) in [5.41, 5.74) is 11.8. The number of amides is 1. The summed E-state index contributed by atoms with van der Waals surface area (Å²) in [6.45, 7) is 0. The van der Waals surface area contributed by atoms with E-state index in [1.807, 2.05) is 30.6 Å². The molecule has 2 heterocycles. The molecule has 2 aliphatic rings. The second kappa shape index (κ2) is 7.32. The van der Waals surface area contributed by atoms with Crippen LogP contribution in [0.5, 0.6) is 0 Å². The molecule has 0 spiro atoms. The van der Waals surface area contributed by atoms with Crippen LogP contribution in [0.1, 0.15) is 15.9 Å². The minimum absolute atomic E-state index is 0.0491. The molecule has 0 bridgehead atoms. The third kappa shape index (κ3) is 3.32. The zero-order valence-electron chi connectivity index (χ0n) is 17.4. The SMILES string of the molecule is CN1C=CNC2=CC(=Nc3ccccc3C(N)=O)C=C(c3ccc4ccn(C)c4c3)C21. The molecule has 1 aliphatic heterocycles. The zero-order chi connectivity index (χ0) is 21.5. The maximum atomic E-state index is 11.8. The summed E-state index contributed by atoms with van der Waals surface area (Å²) < 4.78 is 2.12. The molecule has 3 aromatic rings. The first kappa shape index (κ1) is 18.9. The van der Waals surface area contributed by atoms with Crippen molar-refractivity contribution in [3.05, 3.63) is 96.1 Å². The number of hydrogen-bond acceptors (Lipinski definition) is 4. The van der Waals surface area contributed by atoms with Crippen molar-refractivity contribution in [1.29, 1.82) is 0 Å². The fourth-order valence-corrected chi connectivity index (χ4v) is 4.25. The van der Waals surface area contributed by atoms with Gasteiger partial charge in [-0.2, -0.15) is 0 Å². The maximum Gasteiger partial charge on any atom is 0.250 e. The van der Waals surface area contributed by atoms with Crippen LogP contribution in [0.4, 0.5) is 5.69 Å². The van der Waals surface area contributed by atoms with E-state index in [0.29, 0.717) is 11.3 Å². The number of para-hydroxylation sites is 1. The number of carbonyl (C=O) groups excluding carboxylic acids is 1. The van der Waals surface area contributed by atoms with Crippen LogP contribution in [-0.2, 0) is 7.05 Å². The fraction of sp³-hybridized carbons (Fsp3) is 0.120. The standard InChI is InChI=1S/C25H23N5O/c1-29-11-9-16-7-8-17(13-23(16)29)20-14-18(15-22-24(20)30(2)12-10-27-22)28-21-6-4-3-5-19(21)25(26)31/h3-15,24,27H,1-2H3,(H2,26,31). The molecular weight excluding hydrogens is 386 g/mol. The Bertz CT molecular complexity index is 1320. The highest BCUT2D eigenvalue weighted by Gasteiger charge is 2.29. The van der Waals surface area contributed by atoms with Gasteiger partial charge in [-0.1, -0.05) is 24.3 Å². The van der Waals surface area contributed by atoms with E-state index in [2.05, 4.69) is 65.4 Å². The van der Waals surface area contributed by atoms with Gasteiger partial charge in [-0.3, -0.25) is 4.79 Å². The molecule has 154 valence electrons. The highest BCUT2D eigenvalue weighted by Crippen LogP contribution is 2.34. The summed E-state index contributed by atoms with van der Waals surface area (Å²) in [5.74, 6) is -0.488. The number of nitrogens with one attached hydrogen (secondary N) is 1. The summed E-state index contributed by atoms with van der Waals surface area (Å²) in [7, 11) is 4.12. The number of aliphatic imine (C=N–C) groups is 1. The third-order valence-corrected chi connectivity index (χ3v) is 5.80. The van der Waals surface area contributed by atoms with Gasteiger partial charge in [0.05, 0.1) is 23.0 Å². The highest BCUT2D eigenvalue weighted by atomic mass is 16.1. The molecule has 6 nitrogen and oxygen atoms in total. The van der Waals surface area contributed by atoms with Crippen molar-refractivity contribution in [2.24, 2.45) is 17.8 Å². The van der Waals surface area contributed by atoms with Crippen LogP contribution in [0.3, 0.4) is 0 Å². The van der Waals surface area contributed by atoms with Gasteiger partial charge in [0.1, 0.15) is 0 Å². The van der Waals surface area contributed by atoms with Crippen LogP contribution < -0.4 is 11.1 Å². The zero-order valence-corrected chi connectivity index (χ0v) is 17.4. The Kier molecular flexibility index (Phi) is 4.47. The quantitative estimate of drug-likeness (QED) is 0.693. The van der Waals surface area contributed by atoms with E-state index < -0.39 is 5.91 Å². The van der Waals surface area contributed by atoms with Crippen LogP contribution >= 0.6 is 0 Å². The van der Waals surface area contributed by atoms with Gasteiger partial charge >= 0.3 is 0 Å². The minimum Gasteiger partial charge on any atom is -0.367 e. The van der Waals surface area contributed by atoms with Crippen LogP contribution in [0.2, 0.25) is 0 Å². The average Bonchev–Trinajstić information content (AvgIpc) is 3.14. The van der Waals surface area contributed by atoms with Gasteiger partial charge < -0.3 is 20.5 Å². The van der Waals surface area contributed by atoms with Crippen LogP contribution in [-0.4, -0.2) is 34.2 Å². The number of aromatic nitrogens is 1. The molecule has 1 amide bonds. The second-order valence-electron chi connectivity index (χ2n) is 7.85. The van der Waals surface area contributed by atoms with E-state index in [-0.39, 0.29) is 6.04 Å². The van der Waals surface area contributed by atoms with Gasteiger partial charge in [-0.15, -0.1) is 0 Å². The Balaban J connectivity index is 1.67. The van der Waals surface area contributed by atoms with Gasteiger partial charge in [0.15, 0.2) is 0 Å². The summed E-state index contributed by atoms with van der Waals surface area (Å²) in [5, 5.41) is 4.57. The molecule has 6 heteroatoms. The van der Waals surface area contributed by atoms with Crippen LogP contribution in [0.15, 0.2) is 90.0 Å². The Morgan fingerprint density at radius 1 is 1.10 bits per heavy atom. The molecule has 3 N–H and O–H groups in total. The van der Waals surface area contributed by atoms with E-state index >= 15 is 0 Å². The molecule has 1 atom stereocenters. The maximum absolute atomic E-state index is 11.8. The predicted octanol–water partition coefficient (Wildman–Crippen LogP) is 3.71. The van der Waals surface area contributed by atoms with Gasteiger partial charge in [-0.05, 0) is 52.9 Å². The third-order valence-electron chi connectivity index (χ3n) is 5.80. The lowest BCUT2D eigenvalue weighted by atomic mass is 9.88. The number of likely N-dealkylation sites (N-methyl/N-ethyl adjacent to an activating group) is 1. The second-order valence-corrected chi connectivity index (χ2v) is 7.85. The molecule has 0 fully saturated rings. The Hall–Kier alpha value is -4.06. The number of allylic oxidation sites excluding steroid dienone is 2. The molecular formula is C25H23N5O. The van der Waals surface area contributed by atoms with Gasteiger partial charge in [0.2, 0.25) is 0 Å². The molecule has 31 heavy (non-hydrogen) atoms. The predicted molar refractivity (Wildman–Crippen MR) is 125 cm³/mol. The van der Waals surface area contributed by atoms with Crippen LogP contribution in [0, 0.1) is 0 Å². The van der Waals surface area contributed by atoms with Crippen LogP contribution in [0.25, 0.3) is 16.5 Å². The topological polar surface area (TPSA) is 75.7 Å². The number of aryl methyl sites for hydroxylation is 1. The first-order valence-electron chi connectivity index (χ1n) is 10.1. The molecule has 2 aromatic carbocycles. The van der Waals surface area contributed by atoms with Gasteiger partial charge in [0, 0.05) is 43.9 Å². The Morgan fingerprint density at radius 3 is 2.77 bits per heavy atom.